The first-order valence-corrected chi connectivity index (χ1v) is 6.90. The van der Waals surface area contributed by atoms with Crippen molar-refractivity contribution >= 4 is 0 Å². The van der Waals surface area contributed by atoms with Gasteiger partial charge in [0.05, 0.1) is 11.9 Å². The van der Waals surface area contributed by atoms with Gasteiger partial charge in [0.25, 0.3) is 0 Å². The minimum absolute atomic E-state index is 0.301. The van der Waals surface area contributed by atoms with Crippen molar-refractivity contribution in [1.29, 1.82) is 0 Å². The van der Waals surface area contributed by atoms with E-state index in [2.05, 4.69) is 15.2 Å². The average Bonchev–Trinajstić information content (AvgIpc) is 2.27. The number of nitrogens with zero attached hydrogens (tertiary/aromatic N) is 3. The third-order valence-corrected chi connectivity index (χ3v) is 5.19. The van der Waals surface area contributed by atoms with Crippen molar-refractivity contribution in [3.05, 3.63) is 17.7 Å². The Labute approximate surface area is 102 Å². The number of hydrogen-bond acceptors (Lipinski definition) is 3. The van der Waals surface area contributed by atoms with Gasteiger partial charge in [-0.15, -0.1) is 5.10 Å². The molecule has 0 saturated heterocycles. The minimum Gasteiger partial charge on any atom is -0.237 e. The molecule has 0 aliphatic heterocycles. The lowest BCUT2D eigenvalue weighted by atomic mass is 9.49. The van der Waals surface area contributed by atoms with E-state index in [-0.39, 0.29) is 0 Å². The van der Waals surface area contributed by atoms with Crippen LogP contribution in [0.1, 0.15) is 50.0 Å². The van der Waals surface area contributed by atoms with Crippen LogP contribution >= 0.6 is 0 Å². The van der Waals surface area contributed by atoms with E-state index in [0.717, 1.165) is 29.3 Å². The molecule has 17 heavy (non-hydrogen) atoms. The first kappa shape index (κ1) is 9.98. The van der Waals surface area contributed by atoms with Crippen LogP contribution in [0.5, 0.6) is 0 Å². The summed E-state index contributed by atoms with van der Waals surface area (Å²) in [5.41, 5.74) is 1.23. The van der Waals surface area contributed by atoms with E-state index >= 15 is 0 Å². The molecule has 3 heteroatoms. The van der Waals surface area contributed by atoms with Gasteiger partial charge < -0.3 is 0 Å². The van der Waals surface area contributed by atoms with Crippen LogP contribution in [-0.4, -0.2) is 15.2 Å². The first-order valence-electron chi connectivity index (χ1n) is 6.90. The van der Waals surface area contributed by atoms with Crippen LogP contribution in [0.15, 0.2) is 6.20 Å². The summed E-state index contributed by atoms with van der Waals surface area (Å²) >= 11 is 0. The SMILES string of the molecule is Cc1cnc(C23CC4CC(CC(C4)C2)C3)nn1. The lowest BCUT2D eigenvalue weighted by Crippen LogP contribution is -2.49. The van der Waals surface area contributed by atoms with Crippen molar-refractivity contribution in [2.45, 2.75) is 50.9 Å². The zero-order valence-corrected chi connectivity index (χ0v) is 10.4. The van der Waals surface area contributed by atoms with Gasteiger partial charge in [-0.05, 0) is 63.2 Å². The molecule has 0 spiro atoms. The van der Waals surface area contributed by atoms with E-state index < -0.39 is 0 Å². The molecular weight excluding hydrogens is 210 g/mol. The highest BCUT2D eigenvalue weighted by molar-refractivity contribution is 5.16. The molecule has 4 saturated carbocycles. The molecule has 0 radical (unpaired) electrons. The van der Waals surface area contributed by atoms with Gasteiger partial charge >= 0.3 is 0 Å². The van der Waals surface area contributed by atoms with Crippen molar-refractivity contribution < 1.29 is 0 Å². The van der Waals surface area contributed by atoms with E-state index in [1.54, 1.807) is 0 Å². The van der Waals surface area contributed by atoms with E-state index in [0.29, 0.717) is 5.41 Å². The van der Waals surface area contributed by atoms with Crippen LogP contribution in [-0.2, 0) is 5.41 Å². The largest absolute Gasteiger partial charge is 0.237 e. The van der Waals surface area contributed by atoms with E-state index in [9.17, 15) is 0 Å². The second-order valence-corrected chi connectivity index (χ2v) is 6.62. The predicted octanol–water partition coefficient (Wildman–Crippen LogP) is 2.65. The second-order valence-electron chi connectivity index (χ2n) is 6.62. The third kappa shape index (κ3) is 1.44. The molecule has 1 aromatic rings. The fourth-order valence-corrected chi connectivity index (χ4v) is 4.96. The summed E-state index contributed by atoms with van der Waals surface area (Å²) in [7, 11) is 0. The summed E-state index contributed by atoms with van der Waals surface area (Å²) < 4.78 is 0. The van der Waals surface area contributed by atoms with Crippen molar-refractivity contribution in [3.8, 4) is 0 Å². The van der Waals surface area contributed by atoms with Gasteiger partial charge in [0.2, 0.25) is 0 Å². The van der Waals surface area contributed by atoms with Gasteiger partial charge in [-0.1, -0.05) is 0 Å². The second kappa shape index (κ2) is 3.27. The molecule has 1 heterocycles. The van der Waals surface area contributed by atoms with Crippen LogP contribution in [0.4, 0.5) is 0 Å². The van der Waals surface area contributed by atoms with Gasteiger partial charge in [-0.25, -0.2) is 4.98 Å². The minimum atomic E-state index is 0.301. The third-order valence-electron chi connectivity index (χ3n) is 5.19. The quantitative estimate of drug-likeness (QED) is 0.743. The fraction of sp³-hybridized carbons (Fsp3) is 0.786. The fourth-order valence-electron chi connectivity index (χ4n) is 4.96. The highest BCUT2D eigenvalue weighted by atomic mass is 15.2. The van der Waals surface area contributed by atoms with Gasteiger partial charge in [-0.3, -0.25) is 0 Å². The Morgan fingerprint density at radius 3 is 2.06 bits per heavy atom. The van der Waals surface area contributed by atoms with Gasteiger partial charge in [0.15, 0.2) is 5.82 Å². The Hall–Kier alpha value is -0.990. The molecule has 4 aliphatic carbocycles. The van der Waals surface area contributed by atoms with Crippen LogP contribution in [0.25, 0.3) is 0 Å². The van der Waals surface area contributed by atoms with E-state index in [1.807, 2.05) is 13.1 Å². The molecule has 0 aromatic carbocycles. The number of rotatable bonds is 1. The highest BCUT2D eigenvalue weighted by Crippen LogP contribution is 2.59. The summed E-state index contributed by atoms with van der Waals surface area (Å²) in [6.45, 7) is 1.96. The lowest BCUT2D eigenvalue weighted by molar-refractivity contribution is -0.00989. The Kier molecular flexibility index (Phi) is 1.92. The van der Waals surface area contributed by atoms with Crippen LogP contribution < -0.4 is 0 Å². The molecular formula is C14H19N3. The molecule has 4 bridgehead atoms. The molecule has 4 aliphatic rings. The summed E-state index contributed by atoms with van der Waals surface area (Å²) in [6.07, 6.45) is 10.3. The Bertz CT molecular complexity index is 402. The van der Waals surface area contributed by atoms with Crippen molar-refractivity contribution in [2.24, 2.45) is 17.8 Å². The molecule has 0 amide bonds. The zero-order valence-electron chi connectivity index (χ0n) is 10.4. The van der Waals surface area contributed by atoms with Gasteiger partial charge in [0.1, 0.15) is 0 Å². The molecule has 0 atom stereocenters. The maximum Gasteiger partial charge on any atom is 0.157 e. The monoisotopic (exact) mass is 229 g/mol. The molecule has 1 aromatic heterocycles. The zero-order chi connectivity index (χ0) is 11.5. The lowest BCUT2D eigenvalue weighted by Gasteiger charge is -2.55. The molecule has 5 rings (SSSR count). The maximum absolute atomic E-state index is 4.59. The number of hydrogen-bond donors (Lipinski definition) is 0. The van der Waals surface area contributed by atoms with Crippen molar-refractivity contribution in [3.63, 3.8) is 0 Å². The highest BCUT2D eigenvalue weighted by Gasteiger charge is 2.53. The number of aryl methyl sites for hydroxylation is 1. The summed E-state index contributed by atoms with van der Waals surface area (Å²) in [6, 6.07) is 0. The van der Waals surface area contributed by atoms with Crippen LogP contribution in [0.3, 0.4) is 0 Å². The van der Waals surface area contributed by atoms with Crippen molar-refractivity contribution in [2.75, 3.05) is 0 Å². The van der Waals surface area contributed by atoms with Crippen molar-refractivity contribution in [1.82, 2.24) is 15.2 Å². The predicted molar refractivity (Wildman–Crippen MR) is 64.4 cm³/mol. The molecule has 90 valence electrons. The van der Waals surface area contributed by atoms with E-state index in [1.165, 1.54) is 38.5 Å². The average molecular weight is 229 g/mol. The Morgan fingerprint density at radius 2 is 1.59 bits per heavy atom. The molecule has 4 fully saturated rings. The smallest absolute Gasteiger partial charge is 0.157 e. The van der Waals surface area contributed by atoms with Gasteiger partial charge in [0, 0.05) is 5.41 Å². The topological polar surface area (TPSA) is 38.7 Å². The first-order chi connectivity index (χ1) is 8.23. The summed E-state index contributed by atoms with van der Waals surface area (Å²) in [5, 5.41) is 8.63. The normalized spacial score (nSPS) is 43.0. The Morgan fingerprint density at radius 1 is 1.00 bits per heavy atom. The Balaban J connectivity index is 1.74. The van der Waals surface area contributed by atoms with E-state index in [4.69, 9.17) is 0 Å². The molecule has 0 N–H and O–H groups in total. The molecule has 0 unspecified atom stereocenters. The van der Waals surface area contributed by atoms with Crippen LogP contribution in [0, 0.1) is 24.7 Å². The summed E-state index contributed by atoms with van der Waals surface area (Å²) in [4.78, 5) is 4.59. The van der Waals surface area contributed by atoms with Crippen LogP contribution in [0.2, 0.25) is 0 Å². The maximum atomic E-state index is 4.59. The van der Waals surface area contributed by atoms with Gasteiger partial charge in [-0.2, -0.15) is 5.10 Å². The standard InChI is InChI=1S/C14H19N3/c1-9-8-15-13(17-16-9)14-5-10-2-11(6-14)4-12(3-10)7-14/h8,10-12H,2-7H2,1H3. The number of aromatic nitrogens is 3. The molecule has 3 nitrogen and oxygen atoms in total. The summed E-state index contributed by atoms with van der Waals surface area (Å²) in [5.74, 6) is 3.89.